The number of para-hydroxylation sites is 1. The first-order valence-electron chi connectivity index (χ1n) is 7.57. The smallest absolute Gasteiger partial charge is 0.305 e. The normalized spacial score (nSPS) is 10.5. The highest BCUT2D eigenvalue weighted by atomic mass is 35.5. The summed E-state index contributed by atoms with van der Waals surface area (Å²) in [4.78, 5) is 12.3. The fourth-order valence-corrected chi connectivity index (χ4v) is 2.74. The van der Waals surface area contributed by atoms with Crippen LogP contribution in [0.1, 0.15) is 21.7 Å². The summed E-state index contributed by atoms with van der Waals surface area (Å²) in [5, 5.41) is 4.73. The van der Waals surface area contributed by atoms with Gasteiger partial charge in [0.25, 0.3) is 0 Å². The van der Waals surface area contributed by atoms with Gasteiger partial charge in [-0.15, -0.1) is 0 Å². The maximum absolute atomic E-state index is 12.3. The fourth-order valence-electron chi connectivity index (χ4n) is 2.39. The number of nitrogens with one attached hydrogen (secondary N) is 3. The Labute approximate surface area is 155 Å². The Hall–Kier alpha value is -2.57. The van der Waals surface area contributed by atoms with Gasteiger partial charge in [-0.3, -0.25) is 15.6 Å². The molecule has 0 saturated carbocycles. The number of halogens is 1. The van der Waals surface area contributed by atoms with Crippen molar-refractivity contribution in [1.29, 1.82) is 0 Å². The first kappa shape index (κ1) is 17.3. The minimum atomic E-state index is -0.403. The number of amides is 1. The minimum Gasteiger partial charge on any atom is -0.451 e. The van der Waals surface area contributed by atoms with Crippen LogP contribution in [0.5, 0.6) is 0 Å². The van der Waals surface area contributed by atoms with Crippen molar-refractivity contribution in [2.75, 3.05) is 5.32 Å². The van der Waals surface area contributed by atoms with Gasteiger partial charge in [0.1, 0.15) is 5.58 Å². The van der Waals surface area contributed by atoms with Gasteiger partial charge in [-0.25, -0.2) is 0 Å². The highest BCUT2D eigenvalue weighted by molar-refractivity contribution is 7.80. The molecule has 0 unspecified atom stereocenters. The van der Waals surface area contributed by atoms with Gasteiger partial charge in [0.05, 0.1) is 0 Å². The largest absolute Gasteiger partial charge is 0.451 e. The summed E-state index contributed by atoms with van der Waals surface area (Å²) in [6.07, 6.45) is 0. The van der Waals surface area contributed by atoms with Crippen LogP contribution in [-0.4, -0.2) is 11.0 Å². The van der Waals surface area contributed by atoms with Gasteiger partial charge in [-0.05, 0) is 49.8 Å². The van der Waals surface area contributed by atoms with Crippen LogP contribution in [0.4, 0.5) is 5.69 Å². The van der Waals surface area contributed by atoms with E-state index in [1.807, 2.05) is 50.2 Å². The van der Waals surface area contributed by atoms with Gasteiger partial charge in [0, 0.05) is 21.7 Å². The summed E-state index contributed by atoms with van der Waals surface area (Å²) in [7, 11) is 0. The SMILES string of the molecule is Cc1ccc(NC(=S)NNC(=O)c2oc3ccccc3c2C)cc1Cl. The zero-order valence-corrected chi connectivity index (χ0v) is 15.2. The van der Waals surface area contributed by atoms with Crippen LogP contribution in [0.2, 0.25) is 5.02 Å². The van der Waals surface area contributed by atoms with Crippen molar-refractivity contribution in [2.24, 2.45) is 0 Å². The molecule has 0 aliphatic carbocycles. The number of hydrazine groups is 1. The molecule has 0 bridgehead atoms. The van der Waals surface area contributed by atoms with Crippen molar-refractivity contribution in [3.63, 3.8) is 0 Å². The zero-order chi connectivity index (χ0) is 18.0. The second-order valence-electron chi connectivity index (χ2n) is 5.55. The lowest BCUT2D eigenvalue weighted by Gasteiger charge is -2.11. The van der Waals surface area contributed by atoms with Crippen LogP contribution in [0.3, 0.4) is 0 Å². The number of benzene rings is 2. The van der Waals surface area contributed by atoms with E-state index in [0.717, 1.165) is 22.2 Å². The molecular weight excluding hydrogens is 358 g/mol. The monoisotopic (exact) mass is 373 g/mol. The van der Waals surface area contributed by atoms with Crippen LogP contribution in [0.15, 0.2) is 46.9 Å². The predicted molar refractivity (Wildman–Crippen MR) is 104 cm³/mol. The Balaban J connectivity index is 1.64. The summed E-state index contributed by atoms with van der Waals surface area (Å²) in [5.74, 6) is -0.158. The Morgan fingerprint density at radius 3 is 2.60 bits per heavy atom. The van der Waals surface area contributed by atoms with E-state index in [1.54, 1.807) is 6.07 Å². The number of hydrogen-bond donors (Lipinski definition) is 3. The van der Waals surface area contributed by atoms with Crippen LogP contribution in [0.25, 0.3) is 11.0 Å². The molecule has 1 aromatic heterocycles. The number of thiocarbonyl (C=S) groups is 1. The average Bonchev–Trinajstić information content (AvgIpc) is 2.93. The Morgan fingerprint density at radius 1 is 1.12 bits per heavy atom. The van der Waals surface area contributed by atoms with Crippen LogP contribution < -0.4 is 16.2 Å². The molecule has 3 rings (SSSR count). The van der Waals surface area contributed by atoms with E-state index in [4.69, 9.17) is 28.2 Å². The third-order valence-corrected chi connectivity index (χ3v) is 4.38. The summed E-state index contributed by atoms with van der Waals surface area (Å²) in [5.41, 5.74) is 8.32. The van der Waals surface area contributed by atoms with E-state index in [-0.39, 0.29) is 10.9 Å². The highest BCUT2D eigenvalue weighted by Gasteiger charge is 2.17. The minimum absolute atomic E-state index is 0.238. The van der Waals surface area contributed by atoms with E-state index in [9.17, 15) is 4.79 Å². The zero-order valence-electron chi connectivity index (χ0n) is 13.6. The predicted octanol–water partition coefficient (Wildman–Crippen LogP) is 4.33. The molecule has 0 fully saturated rings. The second-order valence-corrected chi connectivity index (χ2v) is 6.37. The molecular formula is C18H16ClN3O2S. The van der Waals surface area contributed by atoms with Gasteiger partial charge in [-0.2, -0.15) is 0 Å². The van der Waals surface area contributed by atoms with Crippen molar-refractivity contribution in [3.8, 4) is 0 Å². The van der Waals surface area contributed by atoms with E-state index in [0.29, 0.717) is 10.6 Å². The molecule has 1 heterocycles. The molecule has 0 spiro atoms. The number of furan rings is 1. The lowest BCUT2D eigenvalue weighted by atomic mass is 10.1. The van der Waals surface area contributed by atoms with Gasteiger partial charge >= 0.3 is 5.91 Å². The molecule has 0 radical (unpaired) electrons. The molecule has 2 aromatic carbocycles. The number of fused-ring (bicyclic) bond motifs is 1. The number of aryl methyl sites for hydroxylation is 2. The molecule has 3 aromatic rings. The third-order valence-electron chi connectivity index (χ3n) is 3.77. The summed E-state index contributed by atoms with van der Waals surface area (Å²) >= 11 is 11.2. The van der Waals surface area contributed by atoms with E-state index >= 15 is 0 Å². The van der Waals surface area contributed by atoms with E-state index in [1.165, 1.54) is 0 Å². The van der Waals surface area contributed by atoms with Gasteiger partial charge in [0.2, 0.25) is 0 Å². The maximum atomic E-state index is 12.3. The number of rotatable bonds is 2. The Kier molecular flexibility index (Phi) is 4.92. The topological polar surface area (TPSA) is 66.3 Å². The molecule has 0 saturated heterocycles. The summed E-state index contributed by atoms with van der Waals surface area (Å²) in [6.45, 7) is 3.75. The van der Waals surface area contributed by atoms with Crippen molar-refractivity contribution < 1.29 is 9.21 Å². The highest BCUT2D eigenvalue weighted by Crippen LogP contribution is 2.24. The first-order chi connectivity index (χ1) is 12.0. The fraction of sp³-hybridized carbons (Fsp3) is 0.111. The molecule has 0 aliphatic rings. The molecule has 0 atom stereocenters. The molecule has 128 valence electrons. The van der Waals surface area contributed by atoms with Crippen LogP contribution in [-0.2, 0) is 0 Å². The van der Waals surface area contributed by atoms with Crippen LogP contribution >= 0.6 is 23.8 Å². The second kappa shape index (κ2) is 7.13. The quantitative estimate of drug-likeness (QED) is 0.460. The number of anilines is 1. The van der Waals surface area contributed by atoms with Gasteiger partial charge < -0.3 is 9.73 Å². The molecule has 3 N–H and O–H groups in total. The van der Waals surface area contributed by atoms with Crippen LogP contribution in [0, 0.1) is 13.8 Å². The summed E-state index contributed by atoms with van der Waals surface area (Å²) < 4.78 is 5.61. The van der Waals surface area contributed by atoms with Crippen molar-refractivity contribution in [1.82, 2.24) is 10.9 Å². The maximum Gasteiger partial charge on any atom is 0.305 e. The average molecular weight is 374 g/mol. The van der Waals surface area contributed by atoms with E-state index in [2.05, 4.69) is 16.2 Å². The summed E-state index contributed by atoms with van der Waals surface area (Å²) in [6, 6.07) is 13.0. The number of carbonyl (C=O) groups excluding carboxylic acids is 1. The third kappa shape index (κ3) is 3.75. The Bertz CT molecular complexity index is 968. The lowest BCUT2D eigenvalue weighted by Crippen LogP contribution is -2.43. The molecule has 25 heavy (non-hydrogen) atoms. The first-order valence-corrected chi connectivity index (χ1v) is 8.36. The van der Waals surface area contributed by atoms with Gasteiger partial charge in [-0.1, -0.05) is 35.9 Å². The molecule has 7 heteroatoms. The lowest BCUT2D eigenvalue weighted by molar-refractivity contribution is 0.0917. The van der Waals surface area contributed by atoms with Crippen molar-refractivity contribution in [2.45, 2.75) is 13.8 Å². The molecule has 1 amide bonds. The van der Waals surface area contributed by atoms with Gasteiger partial charge in [0.15, 0.2) is 10.9 Å². The standard InChI is InChI=1S/C18H16ClN3O2S/c1-10-7-8-12(9-14(10)19)20-18(25)22-21-17(23)16-11(2)13-5-3-4-6-15(13)24-16/h3-9H,1-2H3,(H,21,23)(H2,20,22,25). The van der Waals surface area contributed by atoms with Crippen molar-refractivity contribution in [3.05, 3.63) is 64.4 Å². The number of hydrogen-bond acceptors (Lipinski definition) is 3. The van der Waals surface area contributed by atoms with Crippen molar-refractivity contribution >= 4 is 51.5 Å². The molecule has 0 aliphatic heterocycles. The van der Waals surface area contributed by atoms with E-state index < -0.39 is 5.91 Å². The number of carbonyl (C=O) groups is 1. The Morgan fingerprint density at radius 2 is 1.88 bits per heavy atom. The molecule has 5 nitrogen and oxygen atoms in total.